The van der Waals surface area contributed by atoms with E-state index in [2.05, 4.69) is 0 Å². The zero-order valence-corrected chi connectivity index (χ0v) is 12.2. The molecule has 0 fully saturated rings. The van der Waals surface area contributed by atoms with Crippen LogP contribution in [0.5, 0.6) is 5.75 Å². The number of carbonyl (C=O) groups is 1. The number of ether oxygens (including phenoxy) is 1. The van der Waals surface area contributed by atoms with Crippen LogP contribution in [0, 0.1) is 11.3 Å². The molecule has 1 rings (SSSR count). The van der Waals surface area contributed by atoms with Crippen molar-refractivity contribution in [2.24, 2.45) is 0 Å². The van der Waals surface area contributed by atoms with E-state index in [0.29, 0.717) is 11.3 Å². The fraction of sp³-hybridized carbons (Fsp3) is 0.0909. The molecule has 0 bridgehead atoms. The van der Waals surface area contributed by atoms with Crippen molar-refractivity contribution in [3.8, 4) is 11.8 Å². The maximum absolute atomic E-state index is 10.3. The number of allylic oxidation sites excluding steroid dienone is 1. The number of benzene rings is 1. The normalized spacial score (nSPS) is 9.88. The van der Waals surface area contributed by atoms with Crippen molar-refractivity contribution < 1.29 is 66.0 Å². The molecular weight excluding hydrogens is 233 g/mol. The second-order valence-corrected chi connectivity index (χ2v) is 2.72. The predicted octanol–water partition coefficient (Wildman–Crippen LogP) is -2.64. The molecule has 0 radical (unpaired) electrons. The van der Waals surface area contributed by atoms with Crippen LogP contribution in [-0.4, -0.2) is 13.1 Å². The minimum Gasteiger partial charge on any atom is -0.545 e. The number of nitrogens with zero attached hydrogens (tertiary/aromatic N) is 1. The van der Waals surface area contributed by atoms with Crippen molar-refractivity contribution in [1.82, 2.24) is 0 Å². The van der Waals surface area contributed by atoms with Crippen molar-refractivity contribution >= 4 is 11.5 Å². The van der Waals surface area contributed by atoms with Crippen molar-refractivity contribution in [3.05, 3.63) is 35.9 Å². The van der Waals surface area contributed by atoms with Crippen LogP contribution in [0.2, 0.25) is 0 Å². The summed E-state index contributed by atoms with van der Waals surface area (Å²) in [5, 5.41) is 19.0. The molecule has 4 nitrogen and oxygen atoms in total. The largest absolute Gasteiger partial charge is 1.00 e. The second-order valence-electron chi connectivity index (χ2n) is 2.72. The van der Waals surface area contributed by atoms with Gasteiger partial charge in [0.1, 0.15) is 5.75 Å². The van der Waals surface area contributed by atoms with Crippen LogP contribution >= 0.6 is 0 Å². The average Bonchev–Trinajstić information content (AvgIpc) is 2.26. The molecule has 5 heteroatoms. The summed E-state index contributed by atoms with van der Waals surface area (Å²) in [6, 6.07) is 8.30. The number of rotatable bonds is 3. The summed E-state index contributed by atoms with van der Waals surface area (Å²) in [6.07, 6.45) is 0.766. The van der Waals surface area contributed by atoms with Crippen molar-refractivity contribution in [1.29, 1.82) is 5.26 Å². The molecular formula is C11H8KNO3. The van der Waals surface area contributed by atoms with Gasteiger partial charge in [-0.05, 0) is 35.9 Å². The number of hydrogen-bond acceptors (Lipinski definition) is 4. The fourth-order valence-electron chi connectivity index (χ4n) is 1.07. The number of methoxy groups -OCH3 is 1. The maximum atomic E-state index is 10.3. The van der Waals surface area contributed by atoms with Gasteiger partial charge < -0.3 is 14.6 Å². The third kappa shape index (κ3) is 4.47. The van der Waals surface area contributed by atoms with Gasteiger partial charge in [0.25, 0.3) is 0 Å². The minimum atomic E-state index is -1.39. The van der Waals surface area contributed by atoms with Gasteiger partial charge in [-0.1, -0.05) is 0 Å². The molecule has 0 saturated heterocycles. The van der Waals surface area contributed by atoms with E-state index in [4.69, 9.17) is 10.00 Å². The molecule has 0 aliphatic heterocycles. The van der Waals surface area contributed by atoms with Crippen LogP contribution in [0.25, 0.3) is 5.57 Å². The molecule has 0 aliphatic rings. The Morgan fingerprint density at radius 2 is 2.00 bits per heavy atom. The number of nitriles is 1. The van der Waals surface area contributed by atoms with Gasteiger partial charge in [-0.3, -0.25) is 0 Å². The molecule has 1 aromatic carbocycles. The van der Waals surface area contributed by atoms with Gasteiger partial charge in [0.15, 0.2) is 0 Å². The maximum Gasteiger partial charge on any atom is 1.00 e. The molecule has 0 saturated carbocycles. The summed E-state index contributed by atoms with van der Waals surface area (Å²) in [6.45, 7) is 0. The van der Waals surface area contributed by atoms with Gasteiger partial charge in [0.2, 0.25) is 0 Å². The SMILES string of the molecule is COc1ccc(C(C#N)=CC(=O)[O-])cc1.[K+]. The van der Waals surface area contributed by atoms with E-state index in [1.54, 1.807) is 30.3 Å². The first-order chi connectivity index (χ1) is 7.17. The Morgan fingerprint density at radius 3 is 2.38 bits per heavy atom. The summed E-state index contributed by atoms with van der Waals surface area (Å²) in [7, 11) is 1.53. The van der Waals surface area contributed by atoms with Crippen LogP contribution in [0.4, 0.5) is 0 Å². The van der Waals surface area contributed by atoms with Gasteiger partial charge in [0.05, 0.1) is 24.7 Å². The first-order valence-corrected chi connectivity index (χ1v) is 4.14. The topological polar surface area (TPSA) is 73.1 Å². The Kier molecular flexibility index (Phi) is 7.29. The molecule has 0 aliphatic carbocycles. The molecule has 1 aromatic rings. The standard InChI is InChI=1S/C11H9NO3.K/c1-15-10-4-2-8(3-5-10)9(7-12)6-11(13)14;/h2-6H,1H3,(H,13,14);/q;+1/p-1. The number of hydrogen-bond donors (Lipinski definition) is 0. The summed E-state index contributed by atoms with van der Waals surface area (Å²) < 4.78 is 4.93. The van der Waals surface area contributed by atoms with Gasteiger partial charge >= 0.3 is 51.4 Å². The quantitative estimate of drug-likeness (QED) is 0.329. The van der Waals surface area contributed by atoms with E-state index in [-0.39, 0.29) is 57.0 Å². The first-order valence-electron chi connectivity index (χ1n) is 4.14. The molecule has 0 N–H and O–H groups in total. The third-order valence-corrected chi connectivity index (χ3v) is 1.78. The van der Waals surface area contributed by atoms with Crippen LogP contribution in [-0.2, 0) is 4.79 Å². The third-order valence-electron chi connectivity index (χ3n) is 1.78. The Labute approximate surface area is 136 Å². The number of carbonyl (C=O) groups excluding carboxylic acids is 1. The summed E-state index contributed by atoms with van der Waals surface area (Å²) in [4.78, 5) is 10.3. The molecule has 0 unspecified atom stereocenters. The zero-order chi connectivity index (χ0) is 11.3. The summed E-state index contributed by atoms with van der Waals surface area (Å²) in [5.41, 5.74) is 0.570. The predicted molar refractivity (Wildman–Crippen MR) is 51.6 cm³/mol. The number of carboxylic acids is 1. The van der Waals surface area contributed by atoms with Gasteiger partial charge in [-0.25, -0.2) is 0 Å². The Balaban J connectivity index is 0.00000225. The molecule has 0 atom stereocenters. The monoisotopic (exact) mass is 241 g/mol. The molecule has 0 aromatic heterocycles. The van der Waals surface area contributed by atoms with E-state index >= 15 is 0 Å². The Hall–Kier alpha value is -0.644. The first kappa shape index (κ1) is 15.4. The number of carboxylic acid groups (broad SMARTS) is 1. The number of aliphatic carboxylic acids is 1. The van der Waals surface area contributed by atoms with E-state index in [1.165, 1.54) is 7.11 Å². The summed E-state index contributed by atoms with van der Waals surface area (Å²) >= 11 is 0. The second kappa shape index (κ2) is 7.60. The van der Waals surface area contributed by atoms with E-state index in [9.17, 15) is 9.90 Å². The van der Waals surface area contributed by atoms with E-state index < -0.39 is 5.97 Å². The summed E-state index contributed by atoms with van der Waals surface area (Å²) in [5.74, 6) is -0.744. The van der Waals surface area contributed by atoms with Crippen LogP contribution < -0.4 is 61.2 Å². The van der Waals surface area contributed by atoms with Gasteiger partial charge in [-0.15, -0.1) is 0 Å². The van der Waals surface area contributed by atoms with Gasteiger partial charge in [-0.2, -0.15) is 5.26 Å². The van der Waals surface area contributed by atoms with Crippen molar-refractivity contribution in [3.63, 3.8) is 0 Å². The fourth-order valence-corrected chi connectivity index (χ4v) is 1.07. The van der Waals surface area contributed by atoms with Crippen molar-refractivity contribution in [2.45, 2.75) is 0 Å². The van der Waals surface area contributed by atoms with Crippen molar-refractivity contribution in [2.75, 3.05) is 7.11 Å². The molecule has 76 valence electrons. The van der Waals surface area contributed by atoms with E-state index in [0.717, 1.165) is 6.08 Å². The zero-order valence-electron chi connectivity index (χ0n) is 9.06. The molecule has 0 spiro atoms. The van der Waals surface area contributed by atoms with Crippen LogP contribution in [0.1, 0.15) is 5.56 Å². The van der Waals surface area contributed by atoms with E-state index in [1.807, 2.05) is 0 Å². The Morgan fingerprint density at radius 1 is 1.44 bits per heavy atom. The van der Waals surface area contributed by atoms with Crippen LogP contribution in [0.3, 0.4) is 0 Å². The molecule has 16 heavy (non-hydrogen) atoms. The van der Waals surface area contributed by atoms with Gasteiger partial charge in [0, 0.05) is 0 Å². The minimum absolute atomic E-state index is 0. The average molecular weight is 241 g/mol. The molecule has 0 amide bonds. The van der Waals surface area contributed by atoms with Crippen LogP contribution in [0.15, 0.2) is 30.3 Å². The Bertz CT molecular complexity index is 432. The smallest absolute Gasteiger partial charge is 0.545 e. The molecule has 0 heterocycles.